The fraction of sp³-hybridized carbons (Fsp3) is 0.409. The molecule has 2 aromatic rings. The third-order valence-corrected chi connectivity index (χ3v) is 7.63. The maximum Gasteiger partial charge on any atom is 0.243 e. The Balaban J connectivity index is 0.00000256. The fourth-order valence-corrected chi connectivity index (χ4v) is 5.56. The second-order valence-corrected chi connectivity index (χ2v) is 9.53. The number of rotatable bonds is 4. The molecule has 0 radical (unpaired) electrons. The molecule has 30 heavy (non-hydrogen) atoms. The largest absolute Gasteiger partial charge is 0.352 e. The molecular weight excluding hydrogens is 511 g/mol. The van der Waals surface area contributed by atoms with Gasteiger partial charge < -0.3 is 10.2 Å². The molecule has 8 heteroatoms. The Morgan fingerprint density at radius 1 is 1.00 bits per heavy atom. The van der Waals surface area contributed by atoms with Gasteiger partial charge in [0.25, 0.3) is 0 Å². The lowest BCUT2D eigenvalue weighted by atomic mass is 10.0. The van der Waals surface area contributed by atoms with Crippen LogP contribution < -0.4 is 5.32 Å². The molecule has 0 saturated carbocycles. The predicted octanol–water partition coefficient (Wildman–Crippen LogP) is 3.22. The van der Waals surface area contributed by atoms with Crippen LogP contribution in [0.5, 0.6) is 0 Å². The molecule has 2 aromatic carbocycles. The second-order valence-electron chi connectivity index (χ2n) is 7.60. The molecule has 0 unspecified atom stereocenters. The number of fused-ring (bicyclic) bond motifs is 1. The minimum atomic E-state index is -3.36. The molecule has 2 heterocycles. The molecule has 162 valence electrons. The van der Waals surface area contributed by atoms with Crippen molar-refractivity contribution in [2.75, 3.05) is 26.7 Å². The highest BCUT2D eigenvalue weighted by Gasteiger charge is 2.27. The van der Waals surface area contributed by atoms with Crippen LogP contribution in [0.4, 0.5) is 0 Å². The van der Waals surface area contributed by atoms with Crippen molar-refractivity contribution < 1.29 is 8.42 Å². The Labute approximate surface area is 196 Å². The molecule has 1 saturated heterocycles. The SMILES string of the molecule is CN=C(NCc1ccc(S(=O)(=O)N2CCCC2)cc1)N1CCc2ccccc2C1.I. The molecule has 4 rings (SSSR count). The maximum absolute atomic E-state index is 12.6. The summed E-state index contributed by atoms with van der Waals surface area (Å²) in [7, 11) is -1.56. The number of hydrogen-bond acceptors (Lipinski definition) is 3. The van der Waals surface area contributed by atoms with E-state index in [0.29, 0.717) is 24.5 Å². The summed E-state index contributed by atoms with van der Waals surface area (Å²) in [6.45, 7) is 3.64. The average molecular weight is 540 g/mol. The van der Waals surface area contributed by atoms with Gasteiger partial charge in [-0.25, -0.2) is 8.42 Å². The maximum atomic E-state index is 12.6. The van der Waals surface area contributed by atoms with Crippen molar-refractivity contribution >= 4 is 40.0 Å². The summed E-state index contributed by atoms with van der Waals surface area (Å²) in [5.41, 5.74) is 3.79. The van der Waals surface area contributed by atoms with Gasteiger partial charge in [0.1, 0.15) is 0 Å². The van der Waals surface area contributed by atoms with Crippen molar-refractivity contribution in [1.82, 2.24) is 14.5 Å². The lowest BCUT2D eigenvalue weighted by Crippen LogP contribution is -2.43. The van der Waals surface area contributed by atoms with Gasteiger partial charge in [0.15, 0.2) is 5.96 Å². The van der Waals surface area contributed by atoms with E-state index in [9.17, 15) is 8.42 Å². The summed E-state index contributed by atoms with van der Waals surface area (Å²) in [6, 6.07) is 15.7. The van der Waals surface area contributed by atoms with Gasteiger partial charge >= 0.3 is 0 Å². The molecule has 0 bridgehead atoms. The molecular formula is C22H29IN4O2S. The van der Waals surface area contributed by atoms with Crippen LogP contribution >= 0.6 is 24.0 Å². The van der Waals surface area contributed by atoms with E-state index in [1.165, 1.54) is 11.1 Å². The summed E-state index contributed by atoms with van der Waals surface area (Å²) in [5.74, 6) is 0.869. The third-order valence-electron chi connectivity index (χ3n) is 5.72. The monoisotopic (exact) mass is 540 g/mol. The summed E-state index contributed by atoms with van der Waals surface area (Å²) in [5, 5.41) is 3.42. The average Bonchev–Trinajstić information content (AvgIpc) is 3.30. The van der Waals surface area contributed by atoms with E-state index < -0.39 is 10.0 Å². The number of aliphatic imine (C=N–C) groups is 1. The highest BCUT2D eigenvalue weighted by atomic mass is 127. The van der Waals surface area contributed by atoms with E-state index in [0.717, 1.165) is 43.9 Å². The number of halogens is 1. The van der Waals surface area contributed by atoms with Gasteiger partial charge in [0.2, 0.25) is 10.0 Å². The number of benzene rings is 2. The zero-order valence-corrected chi connectivity index (χ0v) is 20.4. The summed E-state index contributed by atoms with van der Waals surface area (Å²) >= 11 is 0. The molecule has 2 aliphatic heterocycles. The zero-order chi connectivity index (χ0) is 20.3. The van der Waals surface area contributed by atoms with Gasteiger partial charge in [0, 0.05) is 39.8 Å². The van der Waals surface area contributed by atoms with Gasteiger partial charge in [-0.2, -0.15) is 4.31 Å². The zero-order valence-electron chi connectivity index (χ0n) is 17.3. The van der Waals surface area contributed by atoms with Crippen molar-refractivity contribution in [3.8, 4) is 0 Å². The number of guanidine groups is 1. The molecule has 1 fully saturated rings. The van der Waals surface area contributed by atoms with E-state index in [1.807, 2.05) is 12.1 Å². The van der Waals surface area contributed by atoms with Gasteiger partial charge in [-0.3, -0.25) is 4.99 Å². The smallest absolute Gasteiger partial charge is 0.243 e. The van der Waals surface area contributed by atoms with Gasteiger partial charge in [-0.1, -0.05) is 36.4 Å². The standard InChI is InChI=1S/C22H28N4O2S.HI/c1-23-22(25-15-12-19-6-2-3-7-20(19)17-25)24-16-18-8-10-21(11-9-18)29(27,28)26-13-4-5-14-26;/h2-3,6-11H,4-5,12-17H2,1H3,(H,23,24);1H. The van der Waals surface area contributed by atoms with E-state index in [-0.39, 0.29) is 24.0 Å². The van der Waals surface area contributed by atoms with Crippen LogP contribution in [0.2, 0.25) is 0 Å². The summed E-state index contributed by atoms with van der Waals surface area (Å²) in [4.78, 5) is 7.07. The molecule has 0 aliphatic carbocycles. The molecule has 0 atom stereocenters. The fourth-order valence-electron chi connectivity index (χ4n) is 4.05. The molecule has 0 aromatic heterocycles. The minimum absolute atomic E-state index is 0. The Bertz CT molecular complexity index is 986. The quantitative estimate of drug-likeness (QED) is 0.368. The number of sulfonamides is 1. The van der Waals surface area contributed by atoms with Crippen LogP contribution in [0.15, 0.2) is 58.4 Å². The van der Waals surface area contributed by atoms with Crippen LogP contribution in [0.25, 0.3) is 0 Å². The van der Waals surface area contributed by atoms with Gasteiger partial charge in [-0.15, -0.1) is 24.0 Å². The van der Waals surface area contributed by atoms with Crippen LogP contribution in [-0.4, -0.2) is 50.3 Å². The highest BCUT2D eigenvalue weighted by molar-refractivity contribution is 14.0. The van der Waals surface area contributed by atoms with Crippen molar-refractivity contribution in [3.05, 3.63) is 65.2 Å². The number of nitrogens with zero attached hydrogens (tertiary/aromatic N) is 3. The van der Waals surface area contributed by atoms with Crippen LogP contribution in [0, 0.1) is 0 Å². The van der Waals surface area contributed by atoms with Crippen molar-refractivity contribution in [2.24, 2.45) is 4.99 Å². The molecule has 0 spiro atoms. The van der Waals surface area contributed by atoms with E-state index in [4.69, 9.17) is 0 Å². The minimum Gasteiger partial charge on any atom is -0.352 e. The first-order chi connectivity index (χ1) is 14.1. The van der Waals surface area contributed by atoms with E-state index >= 15 is 0 Å². The van der Waals surface area contributed by atoms with Crippen molar-refractivity contribution in [3.63, 3.8) is 0 Å². The summed E-state index contributed by atoms with van der Waals surface area (Å²) < 4.78 is 26.9. The molecule has 1 N–H and O–H groups in total. The normalized spacial score (nSPS) is 17.4. The number of hydrogen-bond donors (Lipinski definition) is 1. The number of nitrogens with one attached hydrogen (secondary N) is 1. The first-order valence-corrected chi connectivity index (χ1v) is 11.6. The lowest BCUT2D eigenvalue weighted by molar-refractivity contribution is 0.378. The van der Waals surface area contributed by atoms with Gasteiger partial charge in [0.05, 0.1) is 4.90 Å². The Hall–Kier alpha value is -1.65. The second kappa shape index (κ2) is 10.1. The van der Waals surface area contributed by atoms with Gasteiger partial charge in [-0.05, 0) is 48.1 Å². The van der Waals surface area contributed by atoms with E-state index in [2.05, 4.69) is 39.5 Å². The van der Waals surface area contributed by atoms with E-state index in [1.54, 1.807) is 23.5 Å². The third kappa shape index (κ3) is 4.97. The lowest BCUT2D eigenvalue weighted by Gasteiger charge is -2.31. The Kier molecular flexibility index (Phi) is 7.75. The van der Waals surface area contributed by atoms with Crippen LogP contribution in [0.3, 0.4) is 0 Å². The first kappa shape index (κ1) is 23.0. The highest BCUT2D eigenvalue weighted by Crippen LogP contribution is 2.21. The van der Waals surface area contributed by atoms with Crippen LogP contribution in [-0.2, 0) is 29.5 Å². The van der Waals surface area contributed by atoms with Crippen molar-refractivity contribution in [2.45, 2.75) is 37.2 Å². The molecule has 0 amide bonds. The molecule has 6 nitrogen and oxygen atoms in total. The molecule has 2 aliphatic rings. The van der Waals surface area contributed by atoms with Crippen molar-refractivity contribution in [1.29, 1.82) is 0 Å². The summed E-state index contributed by atoms with van der Waals surface area (Å²) in [6.07, 6.45) is 2.91. The Morgan fingerprint density at radius 2 is 1.67 bits per heavy atom. The van der Waals surface area contributed by atoms with Crippen LogP contribution in [0.1, 0.15) is 29.5 Å². The predicted molar refractivity (Wildman–Crippen MR) is 131 cm³/mol. The Morgan fingerprint density at radius 3 is 2.33 bits per heavy atom. The topological polar surface area (TPSA) is 65.0 Å². The first-order valence-electron chi connectivity index (χ1n) is 10.2.